The predicted octanol–water partition coefficient (Wildman–Crippen LogP) is 2.56. The maximum atomic E-state index is 13.7. The molecule has 0 aromatic heterocycles. The molecule has 0 bridgehead atoms. The normalized spacial score (nSPS) is 14.9. The molecule has 1 aromatic carbocycles. The number of aromatic hydroxyl groups is 1. The number of rotatable bonds is 5. The zero-order chi connectivity index (χ0) is 13.0. The molecular weight excluding hydrogens is 221 g/mol. The number of hydrogen-bond donors (Lipinski definition) is 1. The van der Waals surface area contributed by atoms with Gasteiger partial charge in [0, 0.05) is 30.8 Å². The Kier molecular flexibility index (Phi) is 4.90. The van der Waals surface area contributed by atoms with Crippen molar-refractivity contribution in [3.05, 3.63) is 29.6 Å². The van der Waals surface area contributed by atoms with Gasteiger partial charge in [-0.2, -0.15) is 0 Å². The summed E-state index contributed by atoms with van der Waals surface area (Å²) in [6.45, 7) is 4.56. The number of halogens is 1. The molecule has 0 aliphatic carbocycles. The second-order valence-corrected chi connectivity index (χ2v) is 4.35. The molecule has 2 unspecified atom stereocenters. The van der Waals surface area contributed by atoms with Gasteiger partial charge in [-0.25, -0.2) is 4.39 Å². The van der Waals surface area contributed by atoms with Gasteiger partial charge in [0.15, 0.2) is 0 Å². The maximum absolute atomic E-state index is 13.7. The van der Waals surface area contributed by atoms with E-state index in [1.54, 1.807) is 13.2 Å². The summed E-state index contributed by atoms with van der Waals surface area (Å²) in [5, 5.41) is 9.18. The van der Waals surface area contributed by atoms with E-state index in [9.17, 15) is 9.50 Å². The minimum Gasteiger partial charge on any atom is -0.508 e. The third kappa shape index (κ3) is 3.41. The summed E-state index contributed by atoms with van der Waals surface area (Å²) >= 11 is 0. The average molecular weight is 241 g/mol. The van der Waals surface area contributed by atoms with Crippen LogP contribution in [-0.2, 0) is 4.74 Å². The molecule has 1 rings (SSSR count). The molecule has 0 amide bonds. The number of benzene rings is 1. The van der Waals surface area contributed by atoms with E-state index in [0.29, 0.717) is 12.2 Å². The van der Waals surface area contributed by atoms with E-state index >= 15 is 0 Å². The largest absolute Gasteiger partial charge is 0.508 e. The van der Waals surface area contributed by atoms with Crippen LogP contribution >= 0.6 is 0 Å². The van der Waals surface area contributed by atoms with Crippen molar-refractivity contribution in [3.63, 3.8) is 0 Å². The number of likely N-dealkylation sites (N-methyl/N-ethyl adjacent to an activating group) is 1. The van der Waals surface area contributed by atoms with Gasteiger partial charge in [-0.1, -0.05) is 6.07 Å². The summed E-state index contributed by atoms with van der Waals surface area (Å²) in [6.07, 6.45) is 0. The highest BCUT2D eigenvalue weighted by Crippen LogP contribution is 2.25. The lowest BCUT2D eigenvalue weighted by atomic mass is 10.1. The SMILES string of the molecule is COCC(C)N(C)C(C)c1ccc(O)cc1F. The summed E-state index contributed by atoms with van der Waals surface area (Å²) < 4.78 is 18.8. The van der Waals surface area contributed by atoms with Crippen molar-refractivity contribution < 1.29 is 14.2 Å². The van der Waals surface area contributed by atoms with Gasteiger partial charge in [0.05, 0.1) is 6.61 Å². The molecule has 0 fully saturated rings. The molecule has 0 saturated heterocycles. The summed E-state index contributed by atoms with van der Waals surface area (Å²) in [4.78, 5) is 2.04. The van der Waals surface area contributed by atoms with Crippen molar-refractivity contribution in [3.8, 4) is 5.75 Å². The second kappa shape index (κ2) is 5.98. The van der Waals surface area contributed by atoms with E-state index in [1.807, 2.05) is 25.8 Å². The Labute approximate surface area is 102 Å². The molecule has 1 aromatic rings. The summed E-state index contributed by atoms with van der Waals surface area (Å²) in [5.41, 5.74) is 0.577. The van der Waals surface area contributed by atoms with Crippen molar-refractivity contribution in [2.24, 2.45) is 0 Å². The van der Waals surface area contributed by atoms with Gasteiger partial charge >= 0.3 is 0 Å². The Bertz CT molecular complexity index is 370. The van der Waals surface area contributed by atoms with Gasteiger partial charge in [0.1, 0.15) is 11.6 Å². The number of hydrogen-bond acceptors (Lipinski definition) is 3. The van der Waals surface area contributed by atoms with Gasteiger partial charge in [-0.05, 0) is 27.0 Å². The van der Waals surface area contributed by atoms with E-state index in [4.69, 9.17) is 4.74 Å². The molecule has 4 heteroatoms. The smallest absolute Gasteiger partial charge is 0.131 e. The molecule has 0 heterocycles. The van der Waals surface area contributed by atoms with Crippen LogP contribution < -0.4 is 0 Å². The molecule has 2 atom stereocenters. The minimum absolute atomic E-state index is 0.0500. The Morgan fingerprint density at radius 3 is 2.59 bits per heavy atom. The van der Waals surface area contributed by atoms with Crippen LogP contribution in [-0.4, -0.2) is 36.8 Å². The maximum Gasteiger partial charge on any atom is 0.131 e. The van der Waals surface area contributed by atoms with Gasteiger partial charge in [0.2, 0.25) is 0 Å². The van der Waals surface area contributed by atoms with E-state index in [-0.39, 0.29) is 23.7 Å². The first-order valence-electron chi connectivity index (χ1n) is 5.66. The van der Waals surface area contributed by atoms with E-state index < -0.39 is 0 Å². The molecular formula is C13H20FNO2. The van der Waals surface area contributed by atoms with Crippen LogP contribution in [0, 0.1) is 5.82 Å². The zero-order valence-corrected chi connectivity index (χ0v) is 10.8. The predicted molar refractivity (Wildman–Crippen MR) is 65.6 cm³/mol. The highest BCUT2D eigenvalue weighted by Gasteiger charge is 2.20. The third-order valence-corrected chi connectivity index (χ3v) is 3.15. The Morgan fingerprint density at radius 1 is 1.41 bits per heavy atom. The fourth-order valence-corrected chi connectivity index (χ4v) is 1.81. The van der Waals surface area contributed by atoms with E-state index in [0.717, 1.165) is 6.07 Å². The van der Waals surface area contributed by atoms with Crippen LogP contribution in [0.5, 0.6) is 5.75 Å². The standard InChI is InChI=1S/C13H20FNO2/c1-9(8-17-4)15(3)10(2)12-6-5-11(16)7-13(12)14/h5-7,9-10,16H,8H2,1-4H3. The van der Waals surface area contributed by atoms with Gasteiger partial charge in [0.25, 0.3) is 0 Å². The summed E-state index contributed by atoms with van der Waals surface area (Å²) in [7, 11) is 3.58. The van der Waals surface area contributed by atoms with Crippen LogP contribution in [0.4, 0.5) is 4.39 Å². The van der Waals surface area contributed by atoms with Gasteiger partial charge < -0.3 is 9.84 Å². The molecule has 0 saturated carbocycles. The lowest BCUT2D eigenvalue weighted by Crippen LogP contribution is -2.35. The van der Waals surface area contributed by atoms with Gasteiger partial charge in [-0.15, -0.1) is 0 Å². The Balaban J connectivity index is 2.84. The van der Waals surface area contributed by atoms with Crippen LogP contribution in [0.1, 0.15) is 25.5 Å². The fraction of sp³-hybridized carbons (Fsp3) is 0.538. The minimum atomic E-state index is -0.381. The van der Waals surface area contributed by atoms with Crippen LogP contribution in [0.15, 0.2) is 18.2 Å². The molecule has 0 aliphatic heterocycles. The molecule has 3 nitrogen and oxygen atoms in total. The van der Waals surface area contributed by atoms with Crippen molar-refractivity contribution in [1.29, 1.82) is 0 Å². The zero-order valence-electron chi connectivity index (χ0n) is 10.8. The quantitative estimate of drug-likeness (QED) is 0.860. The summed E-state index contributed by atoms with van der Waals surface area (Å²) in [5.74, 6) is -0.431. The second-order valence-electron chi connectivity index (χ2n) is 4.35. The lowest BCUT2D eigenvalue weighted by molar-refractivity contribution is 0.0929. The molecule has 96 valence electrons. The monoisotopic (exact) mass is 241 g/mol. The fourth-order valence-electron chi connectivity index (χ4n) is 1.81. The van der Waals surface area contributed by atoms with E-state index in [2.05, 4.69) is 0 Å². The topological polar surface area (TPSA) is 32.7 Å². The Morgan fingerprint density at radius 2 is 2.06 bits per heavy atom. The first-order valence-corrected chi connectivity index (χ1v) is 5.66. The number of phenolic OH excluding ortho intramolecular Hbond substituents is 1. The van der Waals surface area contributed by atoms with Crippen molar-refractivity contribution in [2.45, 2.75) is 25.9 Å². The lowest BCUT2D eigenvalue weighted by Gasteiger charge is -2.30. The first kappa shape index (κ1) is 13.9. The molecule has 1 N–H and O–H groups in total. The molecule has 0 spiro atoms. The highest BCUT2D eigenvalue weighted by molar-refractivity contribution is 5.29. The molecule has 17 heavy (non-hydrogen) atoms. The number of nitrogens with zero attached hydrogens (tertiary/aromatic N) is 1. The highest BCUT2D eigenvalue weighted by atomic mass is 19.1. The average Bonchev–Trinajstić information content (AvgIpc) is 2.27. The van der Waals surface area contributed by atoms with E-state index in [1.165, 1.54) is 6.07 Å². The Hall–Kier alpha value is -1.13. The number of phenols is 1. The molecule has 0 radical (unpaired) electrons. The van der Waals surface area contributed by atoms with Crippen LogP contribution in [0.2, 0.25) is 0 Å². The number of methoxy groups -OCH3 is 1. The molecule has 0 aliphatic rings. The summed E-state index contributed by atoms with van der Waals surface area (Å²) in [6, 6.07) is 4.39. The van der Waals surface area contributed by atoms with Crippen molar-refractivity contribution >= 4 is 0 Å². The first-order chi connectivity index (χ1) is 7.97. The van der Waals surface area contributed by atoms with Crippen LogP contribution in [0.25, 0.3) is 0 Å². The van der Waals surface area contributed by atoms with Crippen LogP contribution in [0.3, 0.4) is 0 Å². The van der Waals surface area contributed by atoms with Crippen molar-refractivity contribution in [1.82, 2.24) is 4.90 Å². The van der Waals surface area contributed by atoms with Crippen molar-refractivity contribution in [2.75, 3.05) is 20.8 Å². The van der Waals surface area contributed by atoms with Gasteiger partial charge in [-0.3, -0.25) is 4.90 Å². The number of ether oxygens (including phenoxy) is 1. The third-order valence-electron chi connectivity index (χ3n) is 3.15.